The summed E-state index contributed by atoms with van der Waals surface area (Å²) in [5.41, 5.74) is 5.05. The van der Waals surface area contributed by atoms with Gasteiger partial charge in [0.25, 0.3) is 0 Å². The summed E-state index contributed by atoms with van der Waals surface area (Å²) in [5.74, 6) is 1.44. The number of likely N-dealkylation sites (N-methyl/N-ethyl adjacent to an activating group) is 1. The molecule has 5 nitrogen and oxygen atoms in total. The Morgan fingerprint density at radius 1 is 1.12 bits per heavy atom. The average Bonchev–Trinajstić information content (AvgIpc) is 3.18. The highest BCUT2D eigenvalue weighted by Crippen LogP contribution is 2.28. The molecule has 0 aliphatic rings. The van der Waals surface area contributed by atoms with Crippen LogP contribution in [0.3, 0.4) is 0 Å². The third-order valence-electron chi connectivity index (χ3n) is 5.77. The van der Waals surface area contributed by atoms with Crippen LogP contribution in [0, 0.1) is 0 Å². The summed E-state index contributed by atoms with van der Waals surface area (Å²) < 4.78 is 1.87. The van der Waals surface area contributed by atoms with Gasteiger partial charge in [-0.2, -0.15) is 9.61 Å². The predicted octanol–water partition coefficient (Wildman–Crippen LogP) is 3.85. The highest BCUT2D eigenvalue weighted by atomic mass is 35.5. The van der Waals surface area contributed by atoms with Crippen LogP contribution in [0.1, 0.15) is 24.8 Å². The topological polar surface area (TPSA) is 45.5 Å². The predicted molar refractivity (Wildman–Crippen MR) is 137 cm³/mol. The van der Waals surface area contributed by atoms with Crippen LogP contribution in [0.2, 0.25) is 5.02 Å². The van der Waals surface area contributed by atoms with Gasteiger partial charge in [-0.25, -0.2) is 4.98 Å². The summed E-state index contributed by atoms with van der Waals surface area (Å²) in [6, 6.07) is 20.5. The van der Waals surface area contributed by atoms with Crippen LogP contribution in [-0.2, 0) is 0 Å². The van der Waals surface area contributed by atoms with Gasteiger partial charge in [0, 0.05) is 35.9 Å². The molecule has 2 aromatic carbocycles. The molecule has 0 amide bonds. The maximum atomic E-state index is 6.44. The van der Waals surface area contributed by atoms with Gasteiger partial charge in [-0.15, -0.1) is 0 Å². The summed E-state index contributed by atoms with van der Waals surface area (Å²) in [7, 11) is 4.22. The van der Waals surface area contributed by atoms with Crippen LogP contribution >= 0.6 is 11.6 Å². The largest absolute Gasteiger partial charge is 0.370 e. The normalized spacial score (nSPS) is 12.4. The van der Waals surface area contributed by atoms with Crippen molar-refractivity contribution in [2.24, 2.45) is 0 Å². The number of benzene rings is 2. The van der Waals surface area contributed by atoms with Crippen LogP contribution in [0.25, 0.3) is 16.9 Å². The van der Waals surface area contributed by atoms with E-state index in [1.54, 1.807) is 0 Å². The molecule has 32 heavy (non-hydrogen) atoms. The molecule has 1 unspecified atom stereocenters. The first kappa shape index (κ1) is 22.4. The van der Waals surface area contributed by atoms with Gasteiger partial charge in [-0.3, -0.25) is 0 Å². The molecule has 4 rings (SSSR count). The van der Waals surface area contributed by atoms with E-state index in [1.165, 1.54) is 5.56 Å². The second-order valence-corrected chi connectivity index (χ2v) is 8.83. The molecule has 0 radical (unpaired) electrons. The Labute approximate surface area is 195 Å². The third-order valence-corrected chi connectivity index (χ3v) is 6.10. The summed E-state index contributed by atoms with van der Waals surface area (Å²) in [4.78, 5) is 7.21. The second kappa shape index (κ2) is 10.2. The van der Waals surface area contributed by atoms with E-state index >= 15 is 0 Å². The Bertz CT molecular complexity index is 1180. The Morgan fingerprint density at radius 2 is 1.88 bits per heavy atom. The Balaban J connectivity index is 1.40. The van der Waals surface area contributed by atoms with Gasteiger partial charge < -0.3 is 10.2 Å². The van der Waals surface area contributed by atoms with Crippen molar-refractivity contribution in [2.45, 2.75) is 19.3 Å². The molecule has 2 aromatic heterocycles. The van der Waals surface area contributed by atoms with Crippen molar-refractivity contribution in [1.29, 1.82) is 0 Å². The first-order chi connectivity index (χ1) is 15.5. The Hall–Kier alpha value is -2.83. The first-order valence-electron chi connectivity index (χ1n) is 11.1. The highest BCUT2D eigenvalue weighted by molar-refractivity contribution is 6.36. The molecule has 0 bridgehead atoms. The molecule has 0 fully saturated rings. The zero-order valence-electron chi connectivity index (χ0n) is 18.9. The van der Waals surface area contributed by atoms with Crippen LogP contribution in [0.4, 0.5) is 5.82 Å². The fraction of sp³-hybridized carbons (Fsp3) is 0.280. The summed E-state index contributed by atoms with van der Waals surface area (Å²) in [6.07, 6.45) is 2.88. The molecule has 0 aliphatic heterocycles. The van der Waals surface area contributed by atoms with Crippen LogP contribution in [0.5, 0.6) is 0 Å². The lowest BCUT2D eigenvalue weighted by molar-refractivity contribution is 0.316. The lowest BCUT2D eigenvalue weighted by Crippen LogP contribution is -2.26. The molecule has 0 saturated heterocycles. The number of rotatable bonds is 9. The number of anilines is 1. The van der Waals surface area contributed by atoms with E-state index in [-0.39, 0.29) is 0 Å². The summed E-state index contributed by atoms with van der Waals surface area (Å²) in [6.45, 7) is 5.20. The smallest absolute Gasteiger partial charge is 0.151 e. The van der Waals surface area contributed by atoms with Gasteiger partial charge >= 0.3 is 0 Å². The summed E-state index contributed by atoms with van der Waals surface area (Å²) in [5, 5.41) is 8.77. The Morgan fingerprint density at radius 3 is 2.66 bits per heavy atom. The number of fused-ring (bicyclic) bond motifs is 1. The van der Waals surface area contributed by atoms with Crippen LogP contribution in [-0.4, -0.2) is 54.0 Å². The van der Waals surface area contributed by atoms with E-state index in [0.717, 1.165) is 54.2 Å². The van der Waals surface area contributed by atoms with Crippen molar-refractivity contribution in [3.63, 3.8) is 0 Å². The van der Waals surface area contributed by atoms with E-state index in [2.05, 4.69) is 59.6 Å². The second-order valence-electron chi connectivity index (χ2n) is 8.42. The zero-order chi connectivity index (χ0) is 22.5. The maximum absolute atomic E-state index is 6.44. The minimum atomic E-state index is 0.513. The fourth-order valence-electron chi connectivity index (χ4n) is 4.02. The van der Waals surface area contributed by atoms with Crippen molar-refractivity contribution in [3.8, 4) is 11.3 Å². The lowest BCUT2D eigenvalue weighted by Gasteiger charge is -2.22. The van der Waals surface area contributed by atoms with Crippen LogP contribution < -0.4 is 10.8 Å². The number of hydrogen-bond acceptors (Lipinski definition) is 4. The van der Waals surface area contributed by atoms with Gasteiger partial charge in [-0.1, -0.05) is 67.1 Å². The van der Waals surface area contributed by atoms with Gasteiger partial charge in [0.1, 0.15) is 13.7 Å². The van der Waals surface area contributed by atoms with E-state index in [0.29, 0.717) is 10.9 Å². The number of halogens is 1. The van der Waals surface area contributed by atoms with Gasteiger partial charge in [-0.05, 0) is 43.0 Å². The molecule has 0 saturated carbocycles. The molecular formula is C25H29BClN5. The number of aromatic nitrogens is 3. The fourth-order valence-corrected chi connectivity index (χ4v) is 4.25. The number of nitrogens with zero attached hydrogens (tertiary/aromatic N) is 4. The molecule has 164 valence electrons. The van der Waals surface area contributed by atoms with Crippen LogP contribution in [0.15, 0.2) is 66.9 Å². The van der Waals surface area contributed by atoms with E-state index in [1.807, 2.05) is 48.9 Å². The van der Waals surface area contributed by atoms with Gasteiger partial charge in [0.15, 0.2) is 5.65 Å². The van der Waals surface area contributed by atoms with Crippen molar-refractivity contribution < 1.29 is 0 Å². The quantitative estimate of drug-likeness (QED) is 0.314. The highest BCUT2D eigenvalue weighted by Gasteiger charge is 2.13. The summed E-state index contributed by atoms with van der Waals surface area (Å²) >= 11 is 6.44. The minimum Gasteiger partial charge on any atom is -0.370 e. The molecule has 0 aliphatic carbocycles. The molecule has 1 N–H and O–H groups in total. The van der Waals surface area contributed by atoms with Crippen molar-refractivity contribution in [2.75, 3.05) is 32.0 Å². The molecule has 0 spiro atoms. The van der Waals surface area contributed by atoms with Crippen molar-refractivity contribution in [3.05, 3.63) is 77.4 Å². The van der Waals surface area contributed by atoms with Crippen molar-refractivity contribution in [1.82, 2.24) is 19.5 Å². The SMILES string of the molecule is Bc1cnn2c(NCCCN(C)CC(C)c3ccccc3)cc(-c3ccccc3Cl)nc12. The van der Waals surface area contributed by atoms with E-state index < -0.39 is 0 Å². The Kier molecular flexibility index (Phi) is 7.13. The molecular weight excluding hydrogens is 417 g/mol. The number of nitrogens with one attached hydrogen (secondary N) is 1. The third kappa shape index (κ3) is 5.14. The average molecular weight is 446 g/mol. The monoisotopic (exact) mass is 445 g/mol. The zero-order valence-corrected chi connectivity index (χ0v) is 19.7. The maximum Gasteiger partial charge on any atom is 0.151 e. The molecule has 7 heteroatoms. The minimum absolute atomic E-state index is 0.513. The number of hydrogen-bond donors (Lipinski definition) is 1. The van der Waals surface area contributed by atoms with E-state index in [9.17, 15) is 0 Å². The van der Waals surface area contributed by atoms with E-state index in [4.69, 9.17) is 16.6 Å². The molecule has 2 heterocycles. The van der Waals surface area contributed by atoms with Gasteiger partial charge in [0.05, 0.1) is 5.69 Å². The molecule has 4 aromatic rings. The molecule has 1 atom stereocenters. The lowest BCUT2D eigenvalue weighted by atomic mass is 10.0. The van der Waals surface area contributed by atoms with Crippen molar-refractivity contribution >= 4 is 36.4 Å². The first-order valence-corrected chi connectivity index (χ1v) is 11.5. The van der Waals surface area contributed by atoms with Gasteiger partial charge in [0.2, 0.25) is 0 Å². The standard InChI is InChI=1S/C25H29BClN5/c1-18(19-9-4-3-5-10-19)17-31(2)14-8-13-28-24-15-23(20-11-6-7-12-22(20)27)30-25-21(26)16-29-32(24)25/h3-7,9-12,15-16,18,28H,8,13-14,17,26H2,1-2H3.